The third-order valence-electron chi connectivity index (χ3n) is 0.979. The zero-order valence-corrected chi connectivity index (χ0v) is 7.25. The average molecular weight is 159 g/mol. The van der Waals surface area contributed by atoms with E-state index >= 15 is 0 Å². The van der Waals surface area contributed by atoms with Crippen LogP contribution in [0.1, 0.15) is 26.7 Å². The average Bonchev–Trinajstić information content (AvgIpc) is 1.85. The zero-order chi connectivity index (χ0) is 7.98. The molecule has 0 rings (SSSR count). The van der Waals surface area contributed by atoms with Gasteiger partial charge in [-0.1, -0.05) is 6.92 Å². The van der Waals surface area contributed by atoms with Crippen LogP contribution in [-0.4, -0.2) is 16.6 Å². The summed E-state index contributed by atoms with van der Waals surface area (Å²) in [6, 6.07) is 0. The van der Waals surface area contributed by atoms with Crippen molar-refractivity contribution >= 4 is 22.6 Å². The molecular formula is C7H13NOS. The minimum atomic E-state index is 0.249. The Labute approximate surface area is 65.9 Å². The Balaban J connectivity index is 3.30. The molecule has 0 spiro atoms. The summed E-state index contributed by atoms with van der Waals surface area (Å²) in [6.45, 7) is 3.68. The maximum atomic E-state index is 10.8. The van der Waals surface area contributed by atoms with Gasteiger partial charge in [0, 0.05) is 6.42 Å². The molecule has 0 aromatic heterocycles. The molecule has 0 unspecified atom stereocenters. The number of carbonyl (C=O) groups is 1. The first-order chi connectivity index (χ1) is 4.66. The van der Waals surface area contributed by atoms with Gasteiger partial charge in [-0.05, 0) is 13.3 Å². The Bertz CT molecular complexity index is 134. The van der Waals surface area contributed by atoms with E-state index in [0.717, 1.165) is 6.42 Å². The van der Waals surface area contributed by atoms with Gasteiger partial charge in [0.15, 0.2) is 0 Å². The zero-order valence-electron chi connectivity index (χ0n) is 6.44. The van der Waals surface area contributed by atoms with Crippen LogP contribution < -0.4 is 0 Å². The molecule has 10 heavy (non-hydrogen) atoms. The number of Topliss-reactive ketones (excluding diaryl/α,β-unsaturated/α-hetero) is 1. The van der Waals surface area contributed by atoms with E-state index in [9.17, 15) is 4.79 Å². The summed E-state index contributed by atoms with van der Waals surface area (Å²) in [5.41, 5.74) is 0. The van der Waals surface area contributed by atoms with Crippen LogP contribution in [0.25, 0.3) is 0 Å². The van der Waals surface area contributed by atoms with Gasteiger partial charge in [0.25, 0.3) is 0 Å². The number of ketones is 1. The van der Waals surface area contributed by atoms with E-state index in [0.29, 0.717) is 17.2 Å². The third-order valence-corrected chi connectivity index (χ3v) is 1.88. The molecule has 0 amide bonds. The molecule has 1 N–H and O–H groups in total. The molecule has 0 atom stereocenters. The number of carbonyl (C=O) groups excluding carboxylic acids is 1. The highest BCUT2D eigenvalue weighted by molar-refractivity contribution is 8.14. The summed E-state index contributed by atoms with van der Waals surface area (Å²) in [6.07, 6.45) is 1.57. The van der Waals surface area contributed by atoms with Gasteiger partial charge in [0.2, 0.25) is 0 Å². The predicted octanol–water partition coefficient (Wildman–Crippen LogP) is 2.09. The molecule has 0 saturated carbocycles. The quantitative estimate of drug-likeness (QED) is 0.504. The van der Waals surface area contributed by atoms with E-state index in [1.54, 1.807) is 6.92 Å². The van der Waals surface area contributed by atoms with Crippen LogP contribution in [0.5, 0.6) is 0 Å². The normalized spacial score (nSPS) is 9.40. The van der Waals surface area contributed by atoms with Gasteiger partial charge >= 0.3 is 0 Å². The molecule has 3 heteroatoms. The van der Waals surface area contributed by atoms with Gasteiger partial charge in [-0.25, -0.2) is 0 Å². The topological polar surface area (TPSA) is 40.9 Å². The van der Waals surface area contributed by atoms with E-state index < -0.39 is 0 Å². The number of thioether (sulfide) groups is 1. The second-order valence-corrected chi connectivity index (χ2v) is 3.32. The number of hydrogen-bond acceptors (Lipinski definition) is 3. The van der Waals surface area contributed by atoms with Crippen LogP contribution in [-0.2, 0) is 4.79 Å². The van der Waals surface area contributed by atoms with Gasteiger partial charge in [0.05, 0.1) is 10.8 Å². The van der Waals surface area contributed by atoms with E-state index in [2.05, 4.69) is 0 Å². The number of rotatable bonds is 4. The van der Waals surface area contributed by atoms with Gasteiger partial charge in [-0.15, -0.1) is 11.8 Å². The van der Waals surface area contributed by atoms with Crippen molar-refractivity contribution in [3.63, 3.8) is 0 Å². The molecule has 0 aromatic rings. The van der Waals surface area contributed by atoms with Gasteiger partial charge in [0.1, 0.15) is 5.78 Å². The monoisotopic (exact) mass is 159 g/mol. The van der Waals surface area contributed by atoms with Crippen LogP contribution in [0.3, 0.4) is 0 Å². The molecule has 58 valence electrons. The SMILES string of the molecule is CCCC(=O)CSC(C)=N. The first kappa shape index (κ1) is 9.69. The predicted molar refractivity (Wildman–Crippen MR) is 45.8 cm³/mol. The largest absolute Gasteiger partial charge is 0.299 e. The van der Waals surface area contributed by atoms with Gasteiger partial charge in [-0.2, -0.15) is 0 Å². The van der Waals surface area contributed by atoms with Crippen LogP contribution in [0.4, 0.5) is 0 Å². The van der Waals surface area contributed by atoms with Crippen molar-refractivity contribution in [2.45, 2.75) is 26.7 Å². The smallest absolute Gasteiger partial charge is 0.143 e. The summed E-state index contributed by atoms with van der Waals surface area (Å²) >= 11 is 1.31. The molecule has 0 aromatic carbocycles. The molecular weight excluding hydrogens is 146 g/mol. The maximum Gasteiger partial charge on any atom is 0.143 e. The fourth-order valence-corrected chi connectivity index (χ4v) is 1.06. The Morgan fingerprint density at radius 2 is 2.20 bits per heavy atom. The van der Waals surface area contributed by atoms with Crippen molar-refractivity contribution < 1.29 is 4.79 Å². The van der Waals surface area contributed by atoms with Crippen LogP contribution >= 0.6 is 11.8 Å². The summed E-state index contributed by atoms with van der Waals surface area (Å²) in [5.74, 6) is 0.725. The van der Waals surface area contributed by atoms with E-state index in [4.69, 9.17) is 5.41 Å². The minimum absolute atomic E-state index is 0.249. The number of nitrogens with one attached hydrogen (secondary N) is 1. The second-order valence-electron chi connectivity index (χ2n) is 2.13. The standard InChI is InChI=1S/C7H13NOS/c1-3-4-7(9)5-10-6(2)8/h8H,3-5H2,1-2H3. The molecule has 0 aliphatic heterocycles. The van der Waals surface area contributed by atoms with Crippen LogP contribution in [0, 0.1) is 5.41 Å². The van der Waals surface area contributed by atoms with Crippen molar-refractivity contribution in [3.8, 4) is 0 Å². The van der Waals surface area contributed by atoms with Crippen molar-refractivity contribution in [1.82, 2.24) is 0 Å². The van der Waals surface area contributed by atoms with Gasteiger partial charge < -0.3 is 0 Å². The molecule has 0 radical (unpaired) electrons. The van der Waals surface area contributed by atoms with E-state index in [1.807, 2.05) is 6.92 Å². The number of hydrogen-bond donors (Lipinski definition) is 1. The molecule has 0 aliphatic rings. The lowest BCUT2D eigenvalue weighted by atomic mass is 10.3. The van der Waals surface area contributed by atoms with E-state index in [-0.39, 0.29) is 5.78 Å². The van der Waals surface area contributed by atoms with Gasteiger partial charge in [-0.3, -0.25) is 10.2 Å². The van der Waals surface area contributed by atoms with Crippen molar-refractivity contribution in [2.75, 3.05) is 5.75 Å². The third kappa shape index (κ3) is 5.82. The molecule has 0 heterocycles. The lowest BCUT2D eigenvalue weighted by Crippen LogP contribution is -2.01. The van der Waals surface area contributed by atoms with Crippen LogP contribution in [0.2, 0.25) is 0 Å². The summed E-state index contributed by atoms with van der Waals surface area (Å²) in [5, 5.41) is 7.55. The van der Waals surface area contributed by atoms with Crippen LogP contribution in [0.15, 0.2) is 0 Å². The fourth-order valence-electron chi connectivity index (χ4n) is 0.540. The highest BCUT2D eigenvalue weighted by atomic mass is 32.2. The fraction of sp³-hybridized carbons (Fsp3) is 0.714. The second kappa shape index (κ2) is 5.47. The first-order valence-electron chi connectivity index (χ1n) is 3.36. The van der Waals surface area contributed by atoms with Crippen molar-refractivity contribution in [2.24, 2.45) is 0 Å². The van der Waals surface area contributed by atoms with Crippen molar-refractivity contribution in [1.29, 1.82) is 5.41 Å². The molecule has 0 bridgehead atoms. The van der Waals surface area contributed by atoms with Crippen molar-refractivity contribution in [3.05, 3.63) is 0 Å². The minimum Gasteiger partial charge on any atom is -0.299 e. The Morgan fingerprint density at radius 3 is 2.60 bits per heavy atom. The molecule has 2 nitrogen and oxygen atoms in total. The molecule has 0 saturated heterocycles. The first-order valence-corrected chi connectivity index (χ1v) is 4.35. The lowest BCUT2D eigenvalue weighted by Gasteiger charge is -1.95. The van der Waals surface area contributed by atoms with E-state index in [1.165, 1.54) is 11.8 Å². The summed E-state index contributed by atoms with van der Waals surface area (Å²) < 4.78 is 0. The summed E-state index contributed by atoms with van der Waals surface area (Å²) in [4.78, 5) is 10.8. The highest BCUT2D eigenvalue weighted by Crippen LogP contribution is 2.03. The highest BCUT2D eigenvalue weighted by Gasteiger charge is 1.99. The maximum absolute atomic E-state index is 10.8. The summed E-state index contributed by atoms with van der Waals surface area (Å²) in [7, 11) is 0. The Kier molecular flexibility index (Phi) is 5.30. The molecule has 0 fully saturated rings. The molecule has 0 aliphatic carbocycles. The Morgan fingerprint density at radius 1 is 1.60 bits per heavy atom. The lowest BCUT2D eigenvalue weighted by molar-refractivity contribution is -0.116. The Hall–Kier alpha value is -0.310.